The number of dihydropyridines is 1. The number of carbonyl (C=O) groups excluding carboxylic acids is 1. The van der Waals surface area contributed by atoms with Gasteiger partial charge < -0.3 is 10.4 Å². The third kappa shape index (κ3) is 6.96. The van der Waals surface area contributed by atoms with Crippen molar-refractivity contribution in [2.75, 3.05) is 5.75 Å². The van der Waals surface area contributed by atoms with Gasteiger partial charge in [-0.2, -0.15) is 0 Å². The molecule has 0 spiro atoms. The van der Waals surface area contributed by atoms with Crippen molar-refractivity contribution in [3.8, 4) is 0 Å². The second kappa shape index (κ2) is 8.58. The molecule has 0 bridgehead atoms. The topological polar surface area (TPSA) is 66.4 Å². The van der Waals surface area contributed by atoms with E-state index in [2.05, 4.69) is 17.5 Å². The van der Waals surface area contributed by atoms with Crippen molar-refractivity contribution in [1.29, 1.82) is 0 Å². The van der Waals surface area contributed by atoms with Crippen LogP contribution in [0.3, 0.4) is 0 Å². The van der Waals surface area contributed by atoms with Gasteiger partial charge in [-0.1, -0.05) is 18.2 Å². The molecule has 0 aliphatic carbocycles. The van der Waals surface area contributed by atoms with Crippen LogP contribution in [0.5, 0.6) is 0 Å². The van der Waals surface area contributed by atoms with Gasteiger partial charge in [0.15, 0.2) is 0 Å². The molecule has 0 amide bonds. The second-order valence-electron chi connectivity index (χ2n) is 3.84. The van der Waals surface area contributed by atoms with Crippen LogP contribution in [0.25, 0.3) is 0 Å². The van der Waals surface area contributed by atoms with Crippen LogP contribution < -0.4 is 5.32 Å². The molecule has 0 aromatic carbocycles. The molecular weight excluding hydrogens is 250 g/mol. The Morgan fingerprint density at radius 1 is 1.50 bits per heavy atom. The number of thioether (sulfide) groups is 1. The Balaban J connectivity index is 2.05. The van der Waals surface area contributed by atoms with E-state index in [1.165, 1.54) is 5.70 Å². The van der Waals surface area contributed by atoms with Crippen molar-refractivity contribution in [3.63, 3.8) is 0 Å². The van der Waals surface area contributed by atoms with Crippen molar-refractivity contribution in [1.82, 2.24) is 5.32 Å². The fraction of sp³-hybridized carbons (Fsp3) is 0.385. The molecule has 0 unspecified atom stereocenters. The summed E-state index contributed by atoms with van der Waals surface area (Å²) in [6.45, 7) is 0. The van der Waals surface area contributed by atoms with Crippen molar-refractivity contribution in [3.05, 3.63) is 35.5 Å². The number of carboxylic acid groups (broad SMARTS) is 1. The van der Waals surface area contributed by atoms with E-state index in [4.69, 9.17) is 5.11 Å². The number of hydrogen-bond donors (Lipinski definition) is 2. The number of Topliss-reactive ketones (excluding diaryl/α,β-unsaturated/α-hetero) is 1. The zero-order valence-electron chi connectivity index (χ0n) is 10.1. The molecule has 0 aromatic rings. The predicted molar refractivity (Wildman–Crippen MR) is 73.1 cm³/mol. The maximum absolute atomic E-state index is 11.1. The summed E-state index contributed by atoms with van der Waals surface area (Å²) in [6.07, 6.45) is 9.53. The molecule has 5 heteroatoms. The van der Waals surface area contributed by atoms with Gasteiger partial charge in [0.2, 0.25) is 0 Å². The Hall–Kier alpha value is -1.49. The summed E-state index contributed by atoms with van der Waals surface area (Å²) in [4.78, 5) is 21.3. The highest BCUT2D eigenvalue weighted by molar-refractivity contribution is 8.02. The van der Waals surface area contributed by atoms with E-state index in [0.29, 0.717) is 12.8 Å². The predicted octanol–water partition coefficient (Wildman–Crippen LogP) is 2.45. The van der Waals surface area contributed by atoms with Crippen molar-refractivity contribution in [2.24, 2.45) is 0 Å². The minimum absolute atomic E-state index is 0.223. The van der Waals surface area contributed by atoms with Crippen LogP contribution in [-0.2, 0) is 9.59 Å². The number of allylic oxidation sites excluding steroid dienone is 3. The van der Waals surface area contributed by atoms with Gasteiger partial charge in [-0.05, 0) is 24.4 Å². The molecule has 1 rings (SSSR count). The second-order valence-corrected chi connectivity index (χ2v) is 4.74. The highest BCUT2D eigenvalue weighted by atomic mass is 32.2. The summed E-state index contributed by atoms with van der Waals surface area (Å²) in [6, 6.07) is 0. The van der Waals surface area contributed by atoms with Gasteiger partial charge in [-0.3, -0.25) is 9.59 Å². The quantitative estimate of drug-likeness (QED) is 0.661. The number of rotatable bonds is 8. The number of carbonyl (C=O) groups is 2. The Labute approximate surface area is 111 Å². The first-order valence-corrected chi connectivity index (χ1v) is 6.84. The smallest absolute Gasteiger partial charge is 0.310 e. The van der Waals surface area contributed by atoms with Crippen LogP contribution >= 0.6 is 11.8 Å². The lowest BCUT2D eigenvalue weighted by molar-refractivity contribution is -0.140. The van der Waals surface area contributed by atoms with Gasteiger partial charge in [-0.15, -0.1) is 11.8 Å². The molecule has 2 N–H and O–H groups in total. The van der Waals surface area contributed by atoms with Gasteiger partial charge in [0.05, 0.1) is 0 Å². The van der Waals surface area contributed by atoms with Gasteiger partial charge in [0.1, 0.15) is 12.2 Å². The zero-order valence-corrected chi connectivity index (χ0v) is 10.9. The molecule has 0 saturated heterocycles. The van der Waals surface area contributed by atoms with Crippen LogP contribution in [0.15, 0.2) is 35.5 Å². The van der Waals surface area contributed by atoms with Crippen LogP contribution in [0.2, 0.25) is 0 Å². The normalized spacial score (nSPS) is 14.3. The lowest BCUT2D eigenvalue weighted by atomic mass is 10.2. The van der Waals surface area contributed by atoms with E-state index in [9.17, 15) is 9.59 Å². The molecule has 1 aliphatic heterocycles. The third-order valence-corrected chi connectivity index (χ3v) is 3.12. The molecule has 0 radical (unpaired) electrons. The number of aliphatic carboxylic acids is 1. The summed E-state index contributed by atoms with van der Waals surface area (Å²) in [5, 5.41) is 13.5. The fourth-order valence-corrected chi connectivity index (χ4v) is 2.13. The van der Waals surface area contributed by atoms with Crippen molar-refractivity contribution in [2.45, 2.75) is 25.7 Å². The number of ketones is 1. The van der Waals surface area contributed by atoms with E-state index in [1.807, 2.05) is 17.7 Å². The highest BCUT2D eigenvalue weighted by Crippen LogP contribution is 2.11. The lowest BCUT2D eigenvalue weighted by Crippen LogP contribution is -2.09. The largest absolute Gasteiger partial charge is 0.481 e. The molecule has 0 fully saturated rings. The first-order valence-electron chi connectivity index (χ1n) is 5.79. The van der Waals surface area contributed by atoms with Crippen LogP contribution in [-0.4, -0.2) is 22.6 Å². The molecule has 1 aliphatic rings. The Bertz CT molecular complexity index is 386. The number of hydrogen-bond acceptors (Lipinski definition) is 4. The average molecular weight is 267 g/mol. The first-order chi connectivity index (χ1) is 8.68. The summed E-state index contributed by atoms with van der Waals surface area (Å²) >= 11 is 1.65. The SMILES string of the molecule is O=C(O)CC(=O)CCC=CSCC1=CCC=CN1. The molecule has 1 heterocycles. The van der Waals surface area contributed by atoms with E-state index in [1.54, 1.807) is 11.8 Å². The molecular formula is C13H17NO3S. The average Bonchev–Trinajstić information content (AvgIpc) is 2.34. The Kier molecular flexibility index (Phi) is 6.94. The van der Waals surface area contributed by atoms with Crippen molar-refractivity contribution >= 4 is 23.5 Å². The van der Waals surface area contributed by atoms with Gasteiger partial charge in [0.25, 0.3) is 0 Å². The zero-order chi connectivity index (χ0) is 13.2. The number of carboxylic acids is 1. The summed E-state index contributed by atoms with van der Waals surface area (Å²) in [5.41, 5.74) is 1.19. The summed E-state index contributed by atoms with van der Waals surface area (Å²) in [7, 11) is 0. The maximum atomic E-state index is 11.1. The molecule has 0 aromatic heterocycles. The van der Waals surface area contributed by atoms with Gasteiger partial charge >= 0.3 is 5.97 Å². The van der Waals surface area contributed by atoms with E-state index in [-0.39, 0.29) is 12.2 Å². The van der Waals surface area contributed by atoms with E-state index in [0.717, 1.165) is 12.2 Å². The van der Waals surface area contributed by atoms with E-state index >= 15 is 0 Å². The maximum Gasteiger partial charge on any atom is 0.310 e. The van der Waals surface area contributed by atoms with Crippen LogP contribution in [0.1, 0.15) is 25.7 Å². The first kappa shape index (κ1) is 14.6. The Morgan fingerprint density at radius 3 is 3.00 bits per heavy atom. The molecule has 98 valence electrons. The summed E-state index contributed by atoms with van der Waals surface area (Å²) < 4.78 is 0. The molecule has 4 nitrogen and oxygen atoms in total. The highest BCUT2D eigenvalue weighted by Gasteiger charge is 2.05. The van der Waals surface area contributed by atoms with Crippen molar-refractivity contribution < 1.29 is 14.7 Å². The van der Waals surface area contributed by atoms with Gasteiger partial charge in [0, 0.05) is 17.9 Å². The lowest BCUT2D eigenvalue weighted by Gasteiger charge is -2.08. The number of nitrogens with one attached hydrogen (secondary N) is 1. The van der Waals surface area contributed by atoms with Crippen LogP contribution in [0.4, 0.5) is 0 Å². The van der Waals surface area contributed by atoms with Gasteiger partial charge in [-0.25, -0.2) is 0 Å². The van der Waals surface area contributed by atoms with Crippen LogP contribution in [0, 0.1) is 0 Å². The fourth-order valence-electron chi connectivity index (χ4n) is 1.38. The minimum Gasteiger partial charge on any atom is -0.481 e. The Morgan fingerprint density at radius 2 is 2.33 bits per heavy atom. The van der Waals surface area contributed by atoms with E-state index < -0.39 is 5.97 Å². The standard InChI is InChI=1S/C13H17NO3S/c15-12(9-13(16)17)6-2-4-8-18-10-11-5-1-3-7-14-11/h3-5,7-8,14H,1-2,6,9-10H2,(H,16,17). The molecule has 0 atom stereocenters. The third-order valence-electron chi connectivity index (χ3n) is 2.26. The minimum atomic E-state index is -1.05. The monoisotopic (exact) mass is 267 g/mol. The molecule has 0 saturated carbocycles. The molecule has 18 heavy (non-hydrogen) atoms. The summed E-state index contributed by atoms with van der Waals surface area (Å²) in [5.74, 6) is -0.398.